The van der Waals surface area contributed by atoms with Gasteiger partial charge >= 0.3 is 23.9 Å². The Morgan fingerprint density at radius 2 is 1.94 bits per heavy atom. The lowest BCUT2D eigenvalue weighted by atomic mass is 10.0. The minimum absolute atomic E-state index is 0.0231. The van der Waals surface area contributed by atoms with E-state index in [-0.39, 0.29) is 37.5 Å². The number of β-lactam (4-membered cyclic amide) rings is 1. The van der Waals surface area contributed by atoms with E-state index < -0.39 is 47.2 Å². The fourth-order valence-corrected chi connectivity index (χ4v) is 5.21. The van der Waals surface area contributed by atoms with Gasteiger partial charge in [-0.1, -0.05) is 6.07 Å². The minimum Gasteiger partial charge on any atom is -0.481 e. The number of nitrogens with one attached hydrogen (secondary N) is 1. The molecule has 6 N–H and O–H groups in total. The molecule has 0 bridgehead atoms. The molecule has 13 nitrogen and oxygen atoms in total. The van der Waals surface area contributed by atoms with Crippen molar-refractivity contribution >= 4 is 58.8 Å². The zero-order chi connectivity index (χ0) is 27.0. The van der Waals surface area contributed by atoms with Gasteiger partial charge in [0.25, 0.3) is 5.91 Å². The van der Waals surface area contributed by atoms with Crippen LogP contribution in [0.2, 0.25) is 0 Å². The van der Waals surface area contributed by atoms with Crippen molar-refractivity contribution in [2.45, 2.75) is 43.6 Å². The lowest BCUT2D eigenvalue weighted by molar-refractivity contribution is -0.151. The van der Waals surface area contributed by atoms with Gasteiger partial charge in [0.05, 0.1) is 6.42 Å². The molecule has 0 saturated carbocycles. The standard InChI is InChI=1S/C16H16N2O6S2.C5H9NO4/c1-8(19)24-6-9-7-26-15-12(14(21)18(15)13(9)16(22)23)17-11(20)5-10-3-2-4-25-10;6-3(5(9)10)1-2-4(7)8/h2-4,12,15H,5-7H2,1H3,(H,17,20)(H,22,23);3H,1-2,6H2,(H,7,8)(H,9,10)/t12-,15-;3-/m10/s1. The third-order valence-electron chi connectivity index (χ3n) is 4.92. The average Bonchev–Trinajstić information content (AvgIpc) is 3.31. The van der Waals surface area contributed by atoms with Crippen LogP contribution in [0.5, 0.6) is 0 Å². The largest absolute Gasteiger partial charge is 0.481 e. The number of fused-ring (bicyclic) bond motifs is 1. The van der Waals surface area contributed by atoms with Crippen LogP contribution in [0, 0.1) is 0 Å². The molecule has 3 heterocycles. The fraction of sp³-hybridized carbons (Fsp3) is 0.429. The van der Waals surface area contributed by atoms with E-state index in [0.717, 1.165) is 9.78 Å². The van der Waals surface area contributed by atoms with Gasteiger partial charge in [0.15, 0.2) is 0 Å². The van der Waals surface area contributed by atoms with Gasteiger partial charge in [-0.2, -0.15) is 0 Å². The van der Waals surface area contributed by atoms with Gasteiger partial charge in [0.1, 0.15) is 29.8 Å². The van der Waals surface area contributed by atoms with Crippen LogP contribution in [0.1, 0.15) is 24.6 Å². The summed E-state index contributed by atoms with van der Waals surface area (Å²) in [4.78, 5) is 69.0. The molecule has 0 spiro atoms. The number of carboxylic acids is 3. The van der Waals surface area contributed by atoms with Crippen LogP contribution in [0.4, 0.5) is 0 Å². The lowest BCUT2D eigenvalue weighted by Crippen LogP contribution is -2.70. The normalized spacial score (nSPS) is 19.2. The van der Waals surface area contributed by atoms with Crippen molar-refractivity contribution in [3.8, 4) is 0 Å². The van der Waals surface area contributed by atoms with E-state index in [1.165, 1.54) is 30.0 Å². The second kappa shape index (κ2) is 13.0. The molecule has 1 fully saturated rings. The maximum atomic E-state index is 12.4. The van der Waals surface area contributed by atoms with Crippen LogP contribution >= 0.6 is 23.1 Å². The second-order valence-electron chi connectivity index (χ2n) is 7.63. The van der Waals surface area contributed by atoms with E-state index in [9.17, 15) is 33.9 Å². The van der Waals surface area contributed by atoms with Gasteiger partial charge in [-0.3, -0.25) is 28.9 Å². The predicted molar refractivity (Wildman–Crippen MR) is 127 cm³/mol. The molecular weight excluding hydrogens is 518 g/mol. The number of hydrogen-bond donors (Lipinski definition) is 5. The monoisotopic (exact) mass is 543 g/mol. The number of nitrogens with two attached hydrogens (primary N) is 1. The Balaban J connectivity index is 0.000000388. The number of ether oxygens (including phenoxy) is 1. The van der Waals surface area contributed by atoms with E-state index in [0.29, 0.717) is 11.3 Å². The SMILES string of the molecule is CC(=O)OCC1=C(C(=O)O)N2C(=O)[C@@H](NC(=O)Cc3cccs3)[C@H]2SC1.N[C@@H](CCC(=O)O)C(=O)O. The molecule has 36 heavy (non-hydrogen) atoms. The second-order valence-corrected chi connectivity index (χ2v) is 9.76. The van der Waals surface area contributed by atoms with E-state index in [2.05, 4.69) is 5.32 Å². The zero-order valence-electron chi connectivity index (χ0n) is 19.0. The maximum Gasteiger partial charge on any atom is 0.352 e. The predicted octanol–water partition coefficient (Wildman–Crippen LogP) is -0.145. The summed E-state index contributed by atoms with van der Waals surface area (Å²) in [6, 6.07) is 1.86. The molecule has 3 atom stereocenters. The minimum atomic E-state index is -1.26. The van der Waals surface area contributed by atoms with Crippen molar-refractivity contribution in [3.05, 3.63) is 33.7 Å². The quantitative estimate of drug-likeness (QED) is 0.193. The van der Waals surface area contributed by atoms with Gasteiger partial charge in [0, 0.05) is 29.5 Å². The van der Waals surface area contributed by atoms with Crippen molar-refractivity contribution < 1.29 is 48.8 Å². The van der Waals surface area contributed by atoms with Crippen molar-refractivity contribution in [2.24, 2.45) is 5.73 Å². The number of carbonyl (C=O) groups excluding carboxylic acids is 3. The number of esters is 1. The number of carboxylic acid groups (broad SMARTS) is 3. The van der Waals surface area contributed by atoms with Crippen LogP contribution in [0.25, 0.3) is 0 Å². The summed E-state index contributed by atoms with van der Waals surface area (Å²) < 4.78 is 4.87. The molecule has 2 aliphatic rings. The molecule has 1 aromatic heterocycles. The number of aliphatic carboxylic acids is 3. The first-order valence-electron chi connectivity index (χ1n) is 10.5. The van der Waals surface area contributed by atoms with Crippen molar-refractivity contribution in [1.82, 2.24) is 10.2 Å². The van der Waals surface area contributed by atoms with E-state index in [1.54, 1.807) is 0 Å². The van der Waals surface area contributed by atoms with E-state index in [4.69, 9.17) is 20.7 Å². The molecule has 1 saturated heterocycles. The molecule has 196 valence electrons. The number of rotatable bonds is 10. The summed E-state index contributed by atoms with van der Waals surface area (Å²) in [6.45, 7) is 1.06. The summed E-state index contributed by atoms with van der Waals surface area (Å²) in [5.41, 5.74) is 5.21. The Hall–Kier alpha value is -3.43. The van der Waals surface area contributed by atoms with E-state index >= 15 is 0 Å². The number of carbonyl (C=O) groups is 6. The maximum absolute atomic E-state index is 12.4. The van der Waals surface area contributed by atoms with Gasteiger partial charge in [-0.15, -0.1) is 23.1 Å². The Morgan fingerprint density at radius 3 is 2.47 bits per heavy atom. The highest BCUT2D eigenvalue weighted by atomic mass is 32.2. The summed E-state index contributed by atoms with van der Waals surface area (Å²) in [7, 11) is 0. The number of thiophene rings is 1. The summed E-state index contributed by atoms with van der Waals surface area (Å²) in [5, 5.41) is 29.8. The van der Waals surface area contributed by atoms with Crippen LogP contribution in [-0.2, 0) is 39.9 Å². The number of hydrogen-bond acceptors (Lipinski definition) is 10. The van der Waals surface area contributed by atoms with Crippen LogP contribution < -0.4 is 11.1 Å². The topological polar surface area (TPSA) is 214 Å². The fourth-order valence-electron chi connectivity index (χ4n) is 3.18. The highest BCUT2D eigenvalue weighted by Gasteiger charge is 2.54. The van der Waals surface area contributed by atoms with Crippen molar-refractivity contribution in [2.75, 3.05) is 12.4 Å². The lowest BCUT2D eigenvalue weighted by Gasteiger charge is -2.49. The Kier molecular flexibility index (Phi) is 10.4. The smallest absolute Gasteiger partial charge is 0.352 e. The Labute approximate surface area is 213 Å². The molecule has 2 amide bonds. The summed E-state index contributed by atoms with van der Waals surface area (Å²) in [6.07, 6.45) is -0.0453. The highest BCUT2D eigenvalue weighted by Crippen LogP contribution is 2.40. The molecule has 15 heteroatoms. The van der Waals surface area contributed by atoms with Crippen LogP contribution in [0.15, 0.2) is 28.8 Å². The molecule has 2 aliphatic heterocycles. The number of thioether (sulfide) groups is 1. The molecule has 0 radical (unpaired) electrons. The Bertz CT molecular complexity index is 1060. The summed E-state index contributed by atoms with van der Waals surface area (Å²) >= 11 is 2.79. The van der Waals surface area contributed by atoms with Gasteiger partial charge in [-0.25, -0.2) is 4.79 Å². The third-order valence-corrected chi connectivity index (χ3v) is 7.13. The first-order valence-corrected chi connectivity index (χ1v) is 12.4. The molecule has 0 unspecified atom stereocenters. The summed E-state index contributed by atoms with van der Waals surface area (Å²) in [5.74, 6) is -4.42. The van der Waals surface area contributed by atoms with Gasteiger partial charge in [0.2, 0.25) is 5.91 Å². The third kappa shape index (κ3) is 7.79. The van der Waals surface area contributed by atoms with Crippen molar-refractivity contribution in [3.63, 3.8) is 0 Å². The zero-order valence-corrected chi connectivity index (χ0v) is 20.7. The molecule has 0 aromatic carbocycles. The first kappa shape index (κ1) is 28.8. The molecule has 1 aromatic rings. The molecule has 3 rings (SSSR count). The number of nitrogens with zero attached hydrogens (tertiary/aromatic N) is 1. The number of amides is 2. The van der Waals surface area contributed by atoms with Gasteiger partial charge < -0.3 is 31.1 Å². The highest BCUT2D eigenvalue weighted by molar-refractivity contribution is 8.00. The Morgan fingerprint density at radius 1 is 1.25 bits per heavy atom. The molecule has 0 aliphatic carbocycles. The average molecular weight is 544 g/mol. The van der Waals surface area contributed by atoms with Crippen LogP contribution in [-0.4, -0.2) is 85.7 Å². The molecular formula is C21H25N3O10S2. The van der Waals surface area contributed by atoms with E-state index in [1.807, 2.05) is 17.5 Å². The first-order chi connectivity index (χ1) is 16.9. The van der Waals surface area contributed by atoms with Gasteiger partial charge in [-0.05, 0) is 17.9 Å². The van der Waals surface area contributed by atoms with Crippen LogP contribution in [0.3, 0.4) is 0 Å². The van der Waals surface area contributed by atoms with Crippen molar-refractivity contribution in [1.29, 1.82) is 0 Å².